The van der Waals surface area contributed by atoms with Crippen molar-refractivity contribution in [2.75, 3.05) is 14.2 Å². The highest BCUT2D eigenvalue weighted by atomic mass is 32.2. The maximum Gasteiger partial charge on any atom is 0.317 e. The number of nitrogens with zero attached hydrogens (tertiary/aromatic N) is 3. The SMILES string of the molecule is CCC(Sc1nnc(-c2cc(C)c(C)o2)n1-c1c(OC)cccc1OC)C(=O)O. The van der Waals surface area contributed by atoms with E-state index in [2.05, 4.69) is 10.2 Å². The van der Waals surface area contributed by atoms with Gasteiger partial charge in [-0.2, -0.15) is 0 Å². The highest BCUT2D eigenvalue weighted by Crippen LogP contribution is 2.40. The minimum atomic E-state index is -0.912. The van der Waals surface area contributed by atoms with Crippen LogP contribution >= 0.6 is 11.8 Å². The number of aliphatic carboxylic acids is 1. The molecule has 2 aromatic heterocycles. The van der Waals surface area contributed by atoms with Crippen molar-refractivity contribution in [2.45, 2.75) is 37.6 Å². The lowest BCUT2D eigenvalue weighted by Crippen LogP contribution is -2.16. The first-order chi connectivity index (χ1) is 13.9. The van der Waals surface area contributed by atoms with Gasteiger partial charge in [-0.3, -0.25) is 9.36 Å². The van der Waals surface area contributed by atoms with Gasteiger partial charge < -0.3 is 19.0 Å². The second-order valence-electron chi connectivity index (χ2n) is 6.36. The van der Waals surface area contributed by atoms with E-state index < -0.39 is 11.2 Å². The molecule has 3 rings (SSSR count). The number of hydrogen-bond acceptors (Lipinski definition) is 7. The fraction of sp³-hybridized carbons (Fsp3) is 0.350. The first-order valence-electron chi connectivity index (χ1n) is 9.04. The summed E-state index contributed by atoms with van der Waals surface area (Å²) in [6.07, 6.45) is 0.435. The van der Waals surface area contributed by atoms with E-state index in [-0.39, 0.29) is 0 Å². The number of carboxylic acids is 1. The van der Waals surface area contributed by atoms with Crippen LogP contribution in [-0.4, -0.2) is 45.3 Å². The van der Waals surface area contributed by atoms with Gasteiger partial charge in [0.2, 0.25) is 5.82 Å². The Hall–Kier alpha value is -2.94. The third kappa shape index (κ3) is 3.95. The minimum absolute atomic E-state index is 0.406. The molecular formula is C20H23N3O5S. The minimum Gasteiger partial charge on any atom is -0.494 e. The summed E-state index contributed by atoms with van der Waals surface area (Å²) in [6.45, 7) is 5.63. The van der Waals surface area contributed by atoms with Gasteiger partial charge >= 0.3 is 5.97 Å². The van der Waals surface area contributed by atoms with Crippen LogP contribution in [0.5, 0.6) is 11.5 Å². The monoisotopic (exact) mass is 417 g/mol. The Kier molecular flexibility index (Phi) is 6.17. The lowest BCUT2D eigenvalue weighted by atomic mass is 10.2. The Morgan fingerprint density at radius 1 is 1.24 bits per heavy atom. The predicted octanol–water partition coefficient (Wildman–Crippen LogP) is 4.12. The van der Waals surface area contributed by atoms with Crippen molar-refractivity contribution in [2.24, 2.45) is 0 Å². The van der Waals surface area contributed by atoms with E-state index in [1.807, 2.05) is 32.9 Å². The maximum absolute atomic E-state index is 11.6. The fourth-order valence-corrected chi connectivity index (χ4v) is 3.77. The number of furan rings is 1. The smallest absolute Gasteiger partial charge is 0.317 e. The van der Waals surface area contributed by atoms with E-state index in [1.54, 1.807) is 30.9 Å². The highest BCUT2D eigenvalue weighted by Gasteiger charge is 2.27. The number of rotatable bonds is 8. The lowest BCUT2D eigenvalue weighted by molar-refractivity contribution is -0.136. The van der Waals surface area contributed by atoms with E-state index >= 15 is 0 Å². The van der Waals surface area contributed by atoms with Crippen molar-refractivity contribution in [1.82, 2.24) is 14.8 Å². The first kappa shape index (κ1) is 20.8. The summed E-state index contributed by atoms with van der Waals surface area (Å²) in [5.41, 5.74) is 1.56. The van der Waals surface area contributed by atoms with Gasteiger partial charge in [-0.25, -0.2) is 0 Å². The molecule has 2 heterocycles. The zero-order chi connectivity index (χ0) is 21.1. The number of aromatic nitrogens is 3. The van der Waals surface area contributed by atoms with E-state index in [0.717, 1.165) is 23.1 Å². The molecule has 1 aromatic carbocycles. The second kappa shape index (κ2) is 8.60. The zero-order valence-corrected chi connectivity index (χ0v) is 17.7. The van der Waals surface area contributed by atoms with Crippen LogP contribution in [0.25, 0.3) is 17.3 Å². The Labute approximate surface area is 172 Å². The molecule has 0 aliphatic rings. The van der Waals surface area contributed by atoms with Crippen molar-refractivity contribution in [3.05, 3.63) is 35.6 Å². The molecule has 9 heteroatoms. The number of thioether (sulfide) groups is 1. The molecule has 0 saturated carbocycles. The number of carbonyl (C=O) groups is 1. The molecule has 0 saturated heterocycles. The first-order valence-corrected chi connectivity index (χ1v) is 9.92. The number of benzene rings is 1. The number of methoxy groups -OCH3 is 2. The second-order valence-corrected chi connectivity index (χ2v) is 7.53. The average Bonchev–Trinajstić information content (AvgIpc) is 3.27. The van der Waals surface area contributed by atoms with E-state index in [1.165, 1.54) is 0 Å². The molecule has 0 amide bonds. The number of hydrogen-bond donors (Lipinski definition) is 1. The van der Waals surface area contributed by atoms with Crippen molar-refractivity contribution in [3.8, 4) is 28.8 Å². The molecule has 8 nitrogen and oxygen atoms in total. The van der Waals surface area contributed by atoms with Gasteiger partial charge in [0.05, 0.1) is 14.2 Å². The largest absolute Gasteiger partial charge is 0.494 e. The molecule has 0 bridgehead atoms. The third-order valence-electron chi connectivity index (χ3n) is 4.54. The fourth-order valence-electron chi connectivity index (χ4n) is 2.88. The lowest BCUT2D eigenvalue weighted by Gasteiger charge is -2.17. The molecule has 0 spiro atoms. The summed E-state index contributed by atoms with van der Waals surface area (Å²) < 4.78 is 18.7. The molecule has 0 aliphatic heterocycles. The van der Waals surface area contributed by atoms with E-state index in [0.29, 0.717) is 40.3 Å². The van der Waals surface area contributed by atoms with Gasteiger partial charge in [0.1, 0.15) is 28.2 Å². The van der Waals surface area contributed by atoms with E-state index in [9.17, 15) is 9.90 Å². The molecule has 3 aromatic rings. The number of ether oxygens (including phenoxy) is 2. The predicted molar refractivity (Wildman–Crippen MR) is 109 cm³/mol. The van der Waals surface area contributed by atoms with Crippen LogP contribution in [0.15, 0.2) is 33.8 Å². The molecule has 1 atom stereocenters. The van der Waals surface area contributed by atoms with Crippen molar-refractivity contribution in [1.29, 1.82) is 0 Å². The van der Waals surface area contributed by atoms with Gasteiger partial charge in [0, 0.05) is 0 Å². The Bertz CT molecular complexity index is 986. The normalized spacial score (nSPS) is 12.0. The molecule has 0 aliphatic carbocycles. The summed E-state index contributed by atoms with van der Waals surface area (Å²) in [7, 11) is 3.12. The van der Waals surface area contributed by atoms with Crippen LogP contribution in [0.4, 0.5) is 0 Å². The van der Waals surface area contributed by atoms with E-state index in [4.69, 9.17) is 13.9 Å². The molecular weight excluding hydrogens is 394 g/mol. The molecule has 1 unspecified atom stereocenters. The van der Waals surface area contributed by atoms with Gasteiger partial charge in [0.25, 0.3) is 0 Å². The van der Waals surface area contributed by atoms with Gasteiger partial charge in [-0.1, -0.05) is 24.8 Å². The maximum atomic E-state index is 11.6. The van der Waals surface area contributed by atoms with Gasteiger partial charge in [-0.05, 0) is 44.0 Å². The van der Waals surface area contributed by atoms with Gasteiger partial charge in [0.15, 0.2) is 10.9 Å². The molecule has 29 heavy (non-hydrogen) atoms. The topological polar surface area (TPSA) is 99.6 Å². The molecule has 0 radical (unpaired) electrons. The summed E-state index contributed by atoms with van der Waals surface area (Å²) in [6, 6.07) is 7.28. The highest BCUT2D eigenvalue weighted by molar-refractivity contribution is 8.00. The Morgan fingerprint density at radius 2 is 1.90 bits per heavy atom. The molecule has 1 N–H and O–H groups in total. The third-order valence-corrected chi connectivity index (χ3v) is 5.83. The Balaban J connectivity index is 2.27. The van der Waals surface area contributed by atoms with Gasteiger partial charge in [-0.15, -0.1) is 10.2 Å². The number of para-hydroxylation sites is 1. The summed E-state index contributed by atoms with van der Waals surface area (Å²) in [5.74, 6) is 1.90. The summed E-state index contributed by atoms with van der Waals surface area (Å²) in [5, 5.41) is 17.8. The Morgan fingerprint density at radius 3 is 2.38 bits per heavy atom. The quantitative estimate of drug-likeness (QED) is 0.547. The number of aryl methyl sites for hydroxylation is 2. The van der Waals surface area contributed by atoms with Crippen LogP contribution < -0.4 is 9.47 Å². The summed E-state index contributed by atoms with van der Waals surface area (Å²) in [4.78, 5) is 11.6. The molecule has 154 valence electrons. The van der Waals surface area contributed by atoms with Crippen LogP contribution in [0.2, 0.25) is 0 Å². The average molecular weight is 417 g/mol. The summed E-state index contributed by atoms with van der Waals surface area (Å²) >= 11 is 1.12. The van der Waals surface area contributed by atoms with Crippen molar-refractivity contribution >= 4 is 17.7 Å². The standard InChI is InChI=1S/C20H23N3O5S/c1-6-16(19(24)25)29-20-22-21-18(15-10-11(2)12(3)28-15)23(20)17-13(26-4)8-7-9-14(17)27-5/h7-10,16H,6H2,1-5H3,(H,24,25). The molecule has 0 fully saturated rings. The van der Waals surface area contributed by atoms with Crippen molar-refractivity contribution < 1.29 is 23.8 Å². The van der Waals surface area contributed by atoms with Crippen LogP contribution in [0, 0.1) is 13.8 Å². The zero-order valence-electron chi connectivity index (χ0n) is 16.9. The van der Waals surface area contributed by atoms with Crippen LogP contribution in [0.3, 0.4) is 0 Å². The van der Waals surface area contributed by atoms with Crippen LogP contribution in [0.1, 0.15) is 24.7 Å². The number of carboxylic acid groups (broad SMARTS) is 1. The van der Waals surface area contributed by atoms with Crippen molar-refractivity contribution in [3.63, 3.8) is 0 Å². The van der Waals surface area contributed by atoms with Crippen LogP contribution in [-0.2, 0) is 4.79 Å².